The van der Waals surface area contributed by atoms with Gasteiger partial charge in [-0.3, -0.25) is 0 Å². The second-order valence-electron chi connectivity index (χ2n) is 5.08. The maximum absolute atomic E-state index is 5.84. The molecule has 0 bridgehead atoms. The predicted molar refractivity (Wildman–Crippen MR) is 63.5 cm³/mol. The molecule has 3 heteroatoms. The number of aliphatic imine (C=N–C) groups is 1. The molecule has 0 rings (SSSR count). The first-order valence-electron chi connectivity index (χ1n) is 5.36. The topological polar surface area (TPSA) is 50.4 Å². The Balaban J connectivity index is 4.50. The highest BCUT2D eigenvalue weighted by atomic mass is 15.1. The van der Waals surface area contributed by atoms with Crippen LogP contribution in [0.25, 0.3) is 0 Å². The fraction of sp³-hybridized carbons (Fsp3) is 0.909. The molecule has 84 valence electrons. The number of nitrogens with one attached hydrogen (secondary N) is 1. The van der Waals surface area contributed by atoms with Gasteiger partial charge in [-0.2, -0.15) is 0 Å². The summed E-state index contributed by atoms with van der Waals surface area (Å²) in [7, 11) is 0. The van der Waals surface area contributed by atoms with E-state index in [4.69, 9.17) is 5.73 Å². The molecular formula is C11H25N3. The van der Waals surface area contributed by atoms with Crippen molar-refractivity contribution in [3.8, 4) is 0 Å². The quantitative estimate of drug-likeness (QED) is 0.541. The van der Waals surface area contributed by atoms with E-state index in [-0.39, 0.29) is 11.1 Å². The van der Waals surface area contributed by atoms with Crippen LogP contribution >= 0.6 is 0 Å². The van der Waals surface area contributed by atoms with Crippen LogP contribution in [0.4, 0.5) is 0 Å². The number of hydrogen-bond acceptors (Lipinski definition) is 1. The molecule has 0 aromatic rings. The van der Waals surface area contributed by atoms with E-state index >= 15 is 0 Å². The summed E-state index contributed by atoms with van der Waals surface area (Å²) in [5.41, 5.74) is 5.79. The van der Waals surface area contributed by atoms with Gasteiger partial charge in [0.15, 0.2) is 5.96 Å². The molecule has 0 aromatic heterocycles. The van der Waals surface area contributed by atoms with Crippen LogP contribution in [0.5, 0.6) is 0 Å². The van der Waals surface area contributed by atoms with E-state index in [9.17, 15) is 0 Å². The molecule has 3 N–H and O–H groups in total. The third kappa shape index (κ3) is 5.10. The molecule has 0 atom stereocenters. The smallest absolute Gasteiger partial charge is 0.189 e. The van der Waals surface area contributed by atoms with E-state index in [2.05, 4.69) is 51.9 Å². The Morgan fingerprint density at radius 2 is 1.57 bits per heavy atom. The molecule has 0 spiro atoms. The van der Waals surface area contributed by atoms with Gasteiger partial charge in [0.05, 0.1) is 5.54 Å². The Morgan fingerprint density at radius 1 is 1.14 bits per heavy atom. The van der Waals surface area contributed by atoms with Gasteiger partial charge in [-0.15, -0.1) is 0 Å². The molecule has 0 radical (unpaired) electrons. The maximum atomic E-state index is 5.84. The van der Waals surface area contributed by atoms with Crippen molar-refractivity contribution in [1.29, 1.82) is 0 Å². The molecule has 14 heavy (non-hydrogen) atoms. The summed E-state index contributed by atoms with van der Waals surface area (Å²) in [4.78, 5) is 4.51. The number of nitrogens with zero attached hydrogens (tertiary/aromatic N) is 1. The van der Waals surface area contributed by atoms with E-state index < -0.39 is 0 Å². The van der Waals surface area contributed by atoms with Crippen molar-refractivity contribution < 1.29 is 0 Å². The van der Waals surface area contributed by atoms with Crippen molar-refractivity contribution >= 4 is 5.96 Å². The first-order valence-corrected chi connectivity index (χ1v) is 5.36. The highest BCUT2D eigenvalue weighted by molar-refractivity contribution is 5.79. The molecule has 0 aliphatic heterocycles. The molecule has 0 fully saturated rings. The fourth-order valence-corrected chi connectivity index (χ4v) is 1.11. The van der Waals surface area contributed by atoms with Crippen LogP contribution in [0.15, 0.2) is 4.99 Å². The van der Waals surface area contributed by atoms with Gasteiger partial charge < -0.3 is 11.1 Å². The molecule has 0 aromatic carbocycles. The monoisotopic (exact) mass is 199 g/mol. The Bertz CT molecular complexity index is 197. The number of rotatable bonds is 3. The fourth-order valence-electron chi connectivity index (χ4n) is 1.11. The minimum absolute atomic E-state index is 0.0179. The zero-order valence-corrected chi connectivity index (χ0v) is 10.4. The van der Waals surface area contributed by atoms with Crippen molar-refractivity contribution in [2.45, 2.75) is 65.5 Å². The van der Waals surface area contributed by atoms with E-state index in [1.54, 1.807) is 0 Å². The van der Waals surface area contributed by atoms with Gasteiger partial charge >= 0.3 is 0 Å². The molecule has 0 amide bonds. The molecule has 0 saturated carbocycles. The Labute approximate surface area is 88.2 Å². The van der Waals surface area contributed by atoms with Crippen LogP contribution in [0.3, 0.4) is 0 Å². The average molecular weight is 199 g/mol. The summed E-state index contributed by atoms with van der Waals surface area (Å²) >= 11 is 0. The third-order valence-electron chi connectivity index (χ3n) is 2.42. The van der Waals surface area contributed by atoms with Crippen molar-refractivity contribution in [3.63, 3.8) is 0 Å². The molecule has 0 unspecified atom stereocenters. The predicted octanol–water partition coefficient (Wildman–Crippen LogP) is 2.27. The molecule has 0 heterocycles. The van der Waals surface area contributed by atoms with E-state index in [0.717, 1.165) is 12.8 Å². The first kappa shape index (κ1) is 13.3. The number of guanidine groups is 1. The van der Waals surface area contributed by atoms with Crippen molar-refractivity contribution in [1.82, 2.24) is 5.32 Å². The van der Waals surface area contributed by atoms with Crippen LogP contribution < -0.4 is 11.1 Å². The second kappa shape index (κ2) is 4.67. The highest BCUT2D eigenvalue weighted by Gasteiger charge is 2.19. The lowest BCUT2D eigenvalue weighted by Crippen LogP contribution is -2.46. The van der Waals surface area contributed by atoms with Crippen LogP contribution in [0, 0.1) is 0 Å². The first-order chi connectivity index (χ1) is 6.22. The lowest BCUT2D eigenvalue weighted by atomic mass is 9.97. The van der Waals surface area contributed by atoms with Gasteiger partial charge in [0.25, 0.3) is 0 Å². The maximum Gasteiger partial charge on any atom is 0.189 e. The zero-order chi connectivity index (χ0) is 11.4. The van der Waals surface area contributed by atoms with E-state index in [1.807, 2.05) is 0 Å². The SMILES string of the molecule is CCC(C)(CC)N=C(N)NC(C)(C)C. The van der Waals surface area contributed by atoms with Gasteiger partial charge in [0.2, 0.25) is 0 Å². The summed E-state index contributed by atoms with van der Waals surface area (Å²) in [6, 6.07) is 0. The van der Waals surface area contributed by atoms with Crippen LogP contribution in [-0.2, 0) is 0 Å². The Kier molecular flexibility index (Phi) is 4.43. The van der Waals surface area contributed by atoms with Crippen molar-refractivity contribution in [3.05, 3.63) is 0 Å². The summed E-state index contributed by atoms with van der Waals surface area (Å²) in [5, 5.41) is 3.17. The summed E-state index contributed by atoms with van der Waals surface area (Å²) < 4.78 is 0. The molecule has 0 saturated heterocycles. The van der Waals surface area contributed by atoms with Crippen LogP contribution in [0.2, 0.25) is 0 Å². The van der Waals surface area contributed by atoms with E-state index in [0.29, 0.717) is 5.96 Å². The molecule has 0 aliphatic rings. The normalized spacial score (nSPS) is 14.3. The Morgan fingerprint density at radius 3 is 1.86 bits per heavy atom. The molecular weight excluding hydrogens is 174 g/mol. The zero-order valence-electron chi connectivity index (χ0n) is 10.4. The van der Waals surface area contributed by atoms with Crippen LogP contribution in [-0.4, -0.2) is 17.0 Å². The standard InChI is InChI=1S/C11H25N3/c1-7-11(6,8-2)14-9(12)13-10(3,4)5/h7-8H2,1-6H3,(H3,12,13,14). The van der Waals surface area contributed by atoms with Crippen molar-refractivity contribution in [2.75, 3.05) is 0 Å². The molecule has 3 nitrogen and oxygen atoms in total. The Hall–Kier alpha value is -0.730. The number of nitrogens with two attached hydrogens (primary N) is 1. The number of hydrogen-bond donors (Lipinski definition) is 2. The minimum atomic E-state index is -0.0255. The van der Waals surface area contributed by atoms with Crippen LogP contribution in [0.1, 0.15) is 54.4 Å². The largest absolute Gasteiger partial charge is 0.370 e. The molecule has 0 aliphatic carbocycles. The van der Waals surface area contributed by atoms with Crippen molar-refractivity contribution in [2.24, 2.45) is 10.7 Å². The van der Waals surface area contributed by atoms with E-state index in [1.165, 1.54) is 0 Å². The van der Waals surface area contributed by atoms with Gasteiger partial charge in [0.1, 0.15) is 0 Å². The third-order valence-corrected chi connectivity index (χ3v) is 2.42. The van der Waals surface area contributed by atoms with Gasteiger partial charge in [0, 0.05) is 5.54 Å². The highest BCUT2D eigenvalue weighted by Crippen LogP contribution is 2.18. The summed E-state index contributed by atoms with van der Waals surface area (Å²) in [6.45, 7) is 12.6. The lowest BCUT2D eigenvalue weighted by molar-refractivity contribution is 0.431. The minimum Gasteiger partial charge on any atom is -0.370 e. The summed E-state index contributed by atoms with van der Waals surface area (Å²) in [6.07, 6.45) is 2.02. The lowest BCUT2D eigenvalue weighted by Gasteiger charge is -2.26. The summed E-state index contributed by atoms with van der Waals surface area (Å²) in [5.74, 6) is 0.545. The second-order valence-corrected chi connectivity index (χ2v) is 5.08. The average Bonchev–Trinajstić information content (AvgIpc) is 2.00. The van der Waals surface area contributed by atoms with Gasteiger partial charge in [-0.1, -0.05) is 13.8 Å². The van der Waals surface area contributed by atoms with Gasteiger partial charge in [-0.25, -0.2) is 4.99 Å². The van der Waals surface area contributed by atoms with Gasteiger partial charge in [-0.05, 0) is 40.5 Å².